The Bertz CT molecular complexity index is 350. The minimum atomic E-state index is -0.866. The lowest BCUT2D eigenvalue weighted by Gasteiger charge is -2.07. The van der Waals surface area contributed by atoms with Crippen LogP contribution in [0.3, 0.4) is 0 Å². The molecular weight excluding hydrogens is 208 g/mol. The van der Waals surface area contributed by atoms with E-state index in [9.17, 15) is 8.78 Å². The van der Waals surface area contributed by atoms with Gasteiger partial charge >= 0.3 is 0 Å². The predicted molar refractivity (Wildman–Crippen MR) is 54.5 cm³/mol. The molecule has 0 aliphatic rings. The summed E-state index contributed by atoms with van der Waals surface area (Å²) in [5.41, 5.74) is 2.38. The smallest absolute Gasteiger partial charge is 0.181 e. The summed E-state index contributed by atoms with van der Waals surface area (Å²) in [7, 11) is 0. The second-order valence-corrected chi connectivity index (χ2v) is 3.13. The first-order chi connectivity index (χ1) is 6.65. The maximum Gasteiger partial charge on any atom is 0.181 e. The summed E-state index contributed by atoms with van der Waals surface area (Å²) in [5, 5.41) is 2.74. The van der Waals surface area contributed by atoms with Crippen molar-refractivity contribution in [2.75, 3.05) is 11.9 Å². The molecule has 0 unspecified atom stereocenters. The molecule has 0 atom stereocenters. The van der Waals surface area contributed by atoms with Crippen LogP contribution in [0.5, 0.6) is 0 Å². The van der Waals surface area contributed by atoms with Crippen LogP contribution in [-0.2, 0) is 0 Å². The number of benzene rings is 1. The van der Waals surface area contributed by atoms with Crippen molar-refractivity contribution in [3.8, 4) is 0 Å². The Morgan fingerprint density at radius 2 is 2.21 bits per heavy atom. The Hall–Kier alpha value is -1.09. The second kappa shape index (κ2) is 4.96. The standard InChI is InChI=1S/C10H10ClF2N/c1-7(5-11)6-14-9-4-2-3-8(12)10(9)13/h2-5,14H,6H2,1H3/b7-5-. The predicted octanol–water partition coefficient (Wildman–Crippen LogP) is 3.52. The topological polar surface area (TPSA) is 12.0 Å². The Balaban J connectivity index is 2.73. The molecule has 0 aliphatic carbocycles. The summed E-state index contributed by atoms with van der Waals surface area (Å²) in [6, 6.07) is 3.99. The fourth-order valence-corrected chi connectivity index (χ4v) is 0.991. The molecule has 0 aromatic heterocycles. The van der Waals surface area contributed by atoms with Crippen LogP contribution >= 0.6 is 11.6 Å². The largest absolute Gasteiger partial charge is 0.379 e. The Labute approximate surface area is 86.4 Å². The van der Waals surface area contributed by atoms with Crippen LogP contribution in [0.4, 0.5) is 14.5 Å². The zero-order chi connectivity index (χ0) is 10.6. The van der Waals surface area contributed by atoms with Crippen molar-refractivity contribution in [3.05, 3.63) is 40.9 Å². The second-order valence-electron chi connectivity index (χ2n) is 2.91. The van der Waals surface area contributed by atoms with Crippen LogP contribution in [-0.4, -0.2) is 6.54 Å². The van der Waals surface area contributed by atoms with E-state index in [1.807, 2.05) is 0 Å². The van der Waals surface area contributed by atoms with Gasteiger partial charge in [-0.25, -0.2) is 8.78 Å². The number of rotatable bonds is 3. The van der Waals surface area contributed by atoms with E-state index in [2.05, 4.69) is 5.32 Å². The molecule has 0 saturated heterocycles. The highest BCUT2D eigenvalue weighted by molar-refractivity contribution is 6.25. The molecule has 0 radical (unpaired) electrons. The average molecular weight is 218 g/mol. The van der Waals surface area contributed by atoms with Crippen LogP contribution in [0, 0.1) is 11.6 Å². The lowest BCUT2D eigenvalue weighted by atomic mass is 10.2. The van der Waals surface area contributed by atoms with Gasteiger partial charge < -0.3 is 5.32 Å². The van der Waals surface area contributed by atoms with Crippen molar-refractivity contribution in [1.29, 1.82) is 0 Å². The molecule has 0 saturated carbocycles. The molecule has 1 rings (SSSR count). The minimum absolute atomic E-state index is 0.142. The first kappa shape index (κ1) is 11.0. The lowest BCUT2D eigenvalue weighted by Crippen LogP contribution is -2.05. The maximum atomic E-state index is 13.1. The van der Waals surface area contributed by atoms with E-state index in [1.54, 1.807) is 6.92 Å². The molecule has 1 aromatic rings. The maximum absolute atomic E-state index is 13.1. The van der Waals surface area contributed by atoms with E-state index in [-0.39, 0.29) is 5.69 Å². The van der Waals surface area contributed by atoms with Gasteiger partial charge in [-0.05, 0) is 24.6 Å². The van der Waals surface area contributed by atoms with E-state index in [0.717, 1.165) is 11.6 Å². The van der Waals surface area contributed by atoms with Gasteiger partial charge in [0.2, 0.25) is 0 Å². The van der Waals surface area contributed by atoms with Gasteiger partial charge in [0.25, 0.3) is 0 Å². The van der Waals surface area contributed by atoms with E-state index in [0.29, 0.717) is 6.54 Å². The number of hydrogen-bond donors (Lipinski definition) is 1. The summed E-state index contributed by atoms with van der Waals surface area (Å²) in [6.45, 7) is 2.18. The molecule has 0 fully saturated rings. The molecule has 1 aromatic carbocycles. The molecule has 4 heteroatoms. The van der Waals surface area contributed by atoms with Crippen LogP contribution in [0.15, 0.2) is 29.3 Å². The van der Waals surface area contributed by atoms with E-state index in [4.69, 9.17) is 11.6 Å². The molecule has 1 nitrogen and oxygen atoms in total. The van der Waals surface area contributed by atoms with Gasteiger partial charge in [0, 0.05) is 12.1 Å². The molecule has 1 N–H and O–H groups in total. The highest BCUT2D eigenvalue weighted by Gasteiger charge is 2.06. The first-order valence-corrected chi connectivity index (χ1v) is 4.52. The van der Waals surface area contributed by atoms with E-state index >= 15 is 0 Å². The molecule has 0 heterocycles. The molecule has 76 valence electrons. The monoisotopic (exact) mass is 217 g/mol. The zero-order valence-corrected chi connectivity index (χ0v) is 8.41. The molecule has 0 bridgehead atoms. The fraction of sp³-hybridized carbons (Fsp3) is 0.200. The molecular formula is C10H10ClF2N. The summed E-state index contributed by atoms with van der Waals surface area (Å²) in [4.78, 5) is 0. The van der Waals surface area contributed by atoms with Gasteiger partial charge in [-0.2, -0.15) is 0 Å². The normalized spacial score (nSPS) is 11.6. The molecule has 0 aliphatic heterocycles. The summed E-state index contributed by atoms with van der Waals surface area (Å²) < 4.78 is 25.8. The summed E-state index contributed by atoms with van der Waals surface area (Å²) >= 11 is 5.42. The van der Waals surface area contributed by atoms with Crippen molar-refractivity contribution in [1.82, 2.24) is 0 Å². The van der Waals surface area contributed by atoms with Crippen molar-refractivity contribution < 1.29 is 8.78 Å². The van der Waals surface area contributed by atoms with E-state index in [1.165, 1.54) is 17.7 Å². The number of hydrogen-bond acceptors (Lipinski definition) is 1. The highest BCUT2D eigenvalue weighted by atomic mass is 35.5. The van der Waals surface area contributed by atoms with Crippen LogP contribution in [0.2, 0.25) is 0 Å². The van der Waals surface area contributed by atoms with Crippen molar-refractivity contribution >= 4 is 17.3 Å². The van der Waals surface area contributed by atoms with Gasteiger partial charge in [0.1, 0.15) is 0 Å². The van der Waals surface area contributed by atoms with Crippen molar-refractivity contribution in [2.24, 2.45) is 0 Å². The quantitative estimate of drug-likeness (QED) is 0.817. The third-order valence-corrected chi connectivity index (χ3v) is 2.07. The number of nitrogens with one attached hydrogen (secondary N) is 1. The average Bonchev–Trinajstić information content (AvgIpc) is 2.20. The molecule has 0 spiro atoms. The Morgan fingerprint density at radius 1 is 1.50 bits per heavy atom. The first-order valence-electron chi connectivity index (χ1n) is 4.09. The zero-order valence-electron chi connectivity index (χ0n) is 7.65. The molecule has 0 amide bonds. The van der Waals surface area contributed by atoms with Crippen LogP contribution < -0.4 is 5.32 Å². The Kier molecular flexibility index (Phi) is 3.89. The van der Waals surface area contributed by atoms with Gasteiger partial charge in [0.15, 0.2) is 11.6 Å². The fourth-order valence-electron chi connectivity index (χ4n) is 0.914. The highest BCUT2D eigenvalue weighted by Crippen LogP contribution is 2.16. The van der Waals surface area contributed by atoms with Crippen molar-refractivity contribution in [2.45, 2.75) is 6.92 Å². The van der Waals surface area contributed by atoms with Gasteiger partial charge in [-0.15, -0.1) is 0 Å². The minimum Gasteiger partial charge on any atom is -0.379 e. The Morgan fingerprint density at radius 3 is 2.86 bits per heavy atom. The summed E-state index contributed by atoms with van der Waals surface area (Å²) in [6.07, 6.45) is 0. The van der Waals surface area contributed by atoms with Crippen molar-refractivity contribution in [3.63, 3.8) is 0 Å². The molecule has 14 heavy (non-hydrogen) atoms. The SMILES string of the molecule is C/C(=C/Cl)CNc1cccc(F)c1F. The van der Waals surface area contributed by atoms with Gasteiger partial charge in [-0.3, -0.25) is 0 Å². The summed E-state index contributed by atoms with van der Waals surface area (Å²) in [5.74, 6) is -1.72. The van der Waals surface area contributed by atoms with Gasteiger partial charge in [0.05, 0.1) is 5.69 Å². The lowest BCUT2D eigenvalue weighted by molar-refractivity contribution is 0.511. The third-order valence-electron chi connectivity index (χ3n) is 1.70. The number of halogens is 3. The number of anilines is 1. The van der Waals surface area contributed by atoms with Crippen LogP contribution in [0.25, 0.3) is 0 Å². The third kappa shape index (κ3) is 2.70. The van der Waals surface area contributed by atoms with Crippen LogP contribution in [0.1, 0.15) is 6.92 Å². The van der Waals surface area contributed by atoms with E-state index < -0.39 is 11.6 Å². The van der Waals surface area contributed by atoms with Gasteiger partial charge in [-0.1, -0.05) is 17.7 Å².